The third-order valence-corrected chi connectivity index (χ3v) is 3.02. The zero-order valence-corrected chi connectivity index (χ0v) is 12.9. The Kier molecular flexibility index (Phi) is 16.1. The van der Waals surface area contributed by atoms with E-state index in [0.29, 0.717) is 0 Å². The molecular formula is C10H19Cl3NV. The van der Waals surface area contributed by atoms with Crippen LogP contribution in [0.3, 0.4) is 0 Å². The van der Waals surface area contributed by atoms with Crippen LogP contribution in [0.4, 0.5) is 0 Å². The molecule has 90 valence electrons. The van der Waals surface area contributed by atoms with Crippen molar-refractivity contribution in [3.8, 4) is 0 Å². The summed E-state index contributed by atoms with van der Waals surface area (Å²) in [6.45, 7) is 7.84. The van der Waals surface area contributed by atoms with Crippen LogP contribution in [0, 0.1) is 0 Å². The van der Waals surface area contributed by atoms with Gasteiger partial charge in [-0.2, -0.15) is 0 Å². The number of nitrogens with zero attached hydrogens (tertiary/aromatic N) is 1. The van der Waals surface area contributed by atoms with E-state index in [2.05, 4.69) is 48.3 Å². The van der Waals surface area contributed by atoms with Crippen LogP contribution in [0.2, 0.25) is 0 Å². The van der Waals surface area contributed by atoms with Crippen molar-refractivity contribution < 1.29 is 17.4 Å². The summed E-state index contributed by atoms with van der Waals surface area (Å²) in [5.41, 5.74) is 1.50. The largest absolute Gasteiger partial charge is 0.147 e. The van der Waals surface area contributed by atoms with E-state index in [-0.39, 0.29) is 37.2 Å². The zero-order valence-electron chi connectivity index (χ0n) is 9.10. The van der Waals surface area contributed by atoms with E-state index in [9.17, 15) is 0 Å². The fraction of sp³-hybridized carbons (Fsp3) is 0.600. The first-order valence-corrected chi connectivity index (χ1v) is 5.27. The molecule has 0 fully saturated rings. The molecule has 5 heteroatoms. The van der Waals surface area contributed by atoms with Crippen LogP contribution in [0.5, 0.6) is 0 Å². The van der Waals surface area contributed by atoms with Gasteiger partial charge in [0.2, 0.25) is 0 Å². The van der Waals surface area contributed by atoms with Crippen LogP contribution < -0.4 is 0 Å². The van der Waals surface area contributed by atoms with Crippen LogP contribution in [-0.2, 0) is 17.4 Å². The van der Waals surface area contributed by atoms with Gasteiger partial charge in [-0.15, -0.1) is 37.2 Å². The van der Waals surface area contributed by atoms with Gasteiger partial charge in [-0.3, -0.25) is 0 Å². The van der Waals surface area contributed by atoms with Gasteiger partial charge < -0.3 is 0 Å². The van der Waals surface area contributed by atoms with Crippen molar-refractivity contribution in [2.75, 3.05) is 19.6 Å². The Hall–Kier alpha value is 0.894. The van der Waals surface area contributed by atoms with E-state index in [1.54, 1.807) is 0 Å². The van der Waals surface area contributed by atoms with Crippen LogP contribution in [0.25, 0.3) is 0 Å². The maximum absolute atomic E-state index is 2.68. The third kappa shape index (κ3) is 6.94. The topological polar surface area (TPSA) is 3.24 Å². The van der Waals surface area contributed by atoms with Crippen molar-refractivity contribution in [2.24, 2.45) is 0 Å². The maximum atomic E-state index is 2.68. The van der Waals surface area contributed by atoms with Crippen molar-refractivity contribution >= 4 is 37.2 Å². The van der Waals surface area contributed by atoms with Gasteiger partial charge in [0, 0.05) is 0 Å². The molecule has 0 amide bonds. The van der Waals surface area contributed by atoms with Gasteiger partial charge in [-0.05, 0) is 0 Å². The molecule has 0 atom stereocenters. The van der Waals surface area contributed by atoms with E-state index < -0.39 is 0 Å². The van der Waals surface area contributed by atoms with E-state index >= 15 is 0 Å². The molecule has 0 aromatic heterocycles. The van der Waals surface area contributed by atoms with Gasteiger partial charge >= 0.3 is 84.2 Å². The van der Waals surface area contributed by atoms with Gasteiger partial charge in [0.05, 0.1) is 0 Å². The molecule has 0 aromatic rings. The molecule has 0 aliphatic heterocycles. The molecule has 0 unspecified atom stereocenters. The van der Waals surface area contributed by atoms with Gasteiger partial charge in [0.1, 0.15) is 0 Å². The van der Waals surface area contributed by atoms with E-state index in [1.165, 1.54) is 9.86 Å². The summed E-state index contributed by atoms with van der Waals surface area (Å²) < 4.78 is 1.48. The second-order valence-electron chi connectivity index (χ2n) is 3.04. The predicted molar refractivity (Wildman–Crippen MR) is 70.3 cm³/mol. The second kappa shape index (κ2) is 11.4. The summed E-state index contributed by atoms with van der Waals surface area (Å²) in [5, 5.41) is 0. The molecule has 0 N–H and O–H groups in total. The molecule has 1 rings (SSSR count). The van der Waals surface area contributed by atoms with Crippen molar-refractivity contribution in [1.29, 1.82) is 0 Å². The van der Waals surface area contributed by atoms with Crippen LogP contribution in [0.15, 0.2) is 22.0 Å². The molecular weight excluding hydrogens is 291 g/mol. The van der Waals surface area contributed by atoms with Gasteiger partial charge in [-0.1, -0.05) is 0 Å². The smallest absolute Gasteiger partial charge is 0.147 e. The van der Waals surface area contributed by atoms with Crippen LogP contribution >= 0.6 is 37.2 Å². The summed E-state index contributed by atoms with van der Waals surface area (Å²) >= 11 is 2.68. The Morgan fingerprint density at radius 3 is 2.07 bits per heavy atom. The predicted octanol–water partition coefficient (Wildman–Crippen LogP) is 3.35. The summed E-state index contributed by atoms with van der Waals surface area (Å²) in [6, 6.07) is 0. The molecule has 1 aliphatic carbocycles. The Labute approximate surface area is 121 Å². The quantitative estimate of drug-likeness (QED) is 0.770. The van der Waals surface area contributed by atoms with Gasteiger partial charge in [-0.25, -0.2) is 0 Å². The molecule has 0 saturated carbocycles. The Morgan fingerprint density at radius 1 is 1.20 bits per heavy atom. The van der Waals surface area contributed by atoms with Gasteiger partial charge in [0.15, 0.2) is 0 Å². The van der Waals surface area contributed by atoms with E-state index in [1.807, 2.05) is 0 Å². The summed E-state index contributed by atoms with van der Waals surface area (Å²) in [4.78, 5) is 2.44. The molecule has 0 radical (unpaired) electrons. The minimum Gasteiger partial charge on any atom is -0.147 e. The number of hydrogen-bond acceptors (Lipinski definition) is 1. The van der Waals surface area contributed by atoms with Crippen molar-refractivity contribution in [3.05, 3.63) is 22.0 Å². The molecule has 0 spiro atoms. The minimum absolute atomic E-state index is 0. The fourth-order valence-corrected chi connectivity index (χ4v) is 1.76. The molecule has 0 bridgehead atoms. The number of halogens is 3. The summed E-state index contributed by atoms with van der Waals surface area (Å²) in [5.74, 6) is 0. The summed E-state index contributed by atoms with van der Waals surface area (Å²) in [6.07, 6.45) is 5.63. The van der Waals surface area contributed by atoms with Crippen LogP contribution in [-0.4, -0.2) is 24.5 Å². The van der Waals surface area contributed by atoms with E-state index in [4.69, 9.17) is 0 Å². The maximum Gasteiger partial charge on any atom is -0.147 e. The van der Waals surface area contributed by atoms with E-state index in [0.717, 1.165) is 26.1 Å². The first kappa shape index (κ1) is 21.2. The molecule has 0 heterocycles. The molecule has 15 heavy (non-hydrogen) atoms. The second-order valence-corrected chi connectivity index (χ2v) is 3.88. The SMILES string of the molecule is CCN(CC)CC1=[C]([V])CC=C1.Cl.Cl.Cl. The normalized spacial score (nSPS) is 13.3. The Morgan fingerprint density at radius 2 is 1.73 bits per heavy atom. The minimum atomic E-state index is 0. The van der Waals surface area contributed by atoms with Crippen molar-refractivity contribution in [1.82, 2.24) is 4.90 Å². The average Bonchev–Trinajstić information content (AvgIpc) is 2.47. The molecule has 1 nitrogen and oxygen atoms in total. The Balaban J connectivity index is -0.000000480. The standard InChI is InChI=1S/C10H16N.3ClH.V/c1-3-11(4-2)9-10-7-5-6-8-10;;;;/h5,7H,3-4,6,9H2,1-2H3;3*1H;. The third-order valence-electron chi connectivity index (χ3n) is 2.29. The number of rotatable bonds is 4. The summed E-state index contributed by atoms with van der Waals surface area (Å²) in [7, 11) is 0. The van der Waals surface area contributed by atoms with Gasteiger partial charge in [0.25, 0.3) is 0 Å². The molecule has 0 aromatic carbocycles. The first-order valence-electron chi connectivity index (χ1n) is 4.57. The molecule has 0 saturated heterocycles. The van der Waals surface area contributed by atoms with Crippen molar-refractivity contribution in [3.63, 3.8) is 0 Å². The first-order chi connectivity index (χ1) is 5.77. The number of allylic oxidation sites excluding steroid dienone is 2. The number of hydrogen-bond donors (Lipinski definition) is 0. The molecule has 1 aliphatic rings. The fourth-order valence-electron chi connectivity index (χ4n) is 1.37. The zero-order chi connectivity index (χ0) is 8.97. The average molecular weight is 311 g/mol. The van der Waals surface area contributed by atoms with Crippen LogP contribution in [0.1, 0.15) is 20.3 Å². The van der Waals surface area contributed by atoms with Crippen molar-refractivity contribution in [2.45, 2.75) is 20.3 Å². The monoisotopic (exact) mass is 309 g/mol. The number of likely N-dealkylation sites (N-methyl/N-ethyl adjacent to an activating group) is 1. The Bertz CT molecular complexity index is 213.